The highest BCUT2D eigenvalue weighted by Crippen LogP contribution is 2.18. The van der Waals surface area contributed by atoms with Crippen LogP contribution in [0.1, 0.15) is 271 Å². The van der Waals surface area contributed by atoms with Gasteiger partial charge in [-0.05, 0) is 51.4 Å². The Kier molecular flexibility index (Phi) is 43.6. The highest BCUT2D eigenvalue weighted by atomic mass is 16.5. The second-order valence-corrected chi connectivity index (χ2v) is 17.2. The van der Waals surface area contributed by atoms with E-state index in [-0.39, 0.29) is 24.9 Å². The van der Waals surface area contributed by atoms with Gasteiger partial charge in [0.2, 0.25) is 5.91 Å². The molecule has 0 aromatic carbocycles. The zero-order valence-electron chi connectivity index (χ0n) is 37.8. The number of hydrogen-bond acceptors (Lipinski definition) is 5. The van der Waals surface area contributed by atoms with Gasteiger partial charge in [-0.25, -0.2) is 0 Å². The maximum absolute atomic E-state index is 13.2. The lowest BCUT2D eigenvalue weighted by molar-refractivity contribution is -0.151. The summed E-state index contributed by atoms with van der Waals surface area (Å²) in [4.78, 5) is 26.0. The van der Waals surface area contributed by atoms with Crippen LogP contribution in [0.3, 0.4) is 0 Å². The van der Waals surface area contributed by atoms with Crippen LogP contribution < -0.4 is 5.32 Å². The maximum atomic E-state index is 13.2. The Morgan fingerprint density at radius 1 is 0.500 bits per heavy atom. The minimum absolute atomic E-state index is 0.0810. The van der Waals surface area contributed by atoms with E-state index in [1.807, 2.05) is 0 Å². The van der Waals surface area contributed by atoms with Crippen LogP contribution in [0, 0.1) is 0 Å². The van der Waals surface area contributed by atoms with Gasteiger partial charge in [-0.3, -0.25) is 9.59 Å². The van der Waals surface area contributed by atoms with E-state index in [9.17, 15) is 19.8 Å². The lowest BCUT2D eigenvalue weighted by Crippen LogP contribution is -2.46. The molecule has 0 fully saturated rings. The molecule has 6 nitrogen and oxygen atoms in total. The van der Waals surface area contributed by atoms with Crippen LogP contribution in [0.15, 0.2) is 12.2 Å². The summed E-state index contributed by atoms with van der Waals surface area (Å²) in [6, 6.07) is -0.695. The number of hydrogen-bond donors (Lipinski definition) is 3. The standard InChI is InChI=1S/C50H97NO5/c1-4-7-10-13-16-19-22-25-27-30-33-36-39-42-48(53)47(45-52)51-49(54)44-46(41-38-35-32-29-26-23-20-17-14-11-8-5-2)56-50(55)43-40-37-34-31-28-24-21-18-15-12-9-6-3/h18,21,46-48,52-53H,4-17,19-20,22-45H2,1-3H3,(H,51,54)/b21-18-. The third kappa shape index (κ3) is 39.4. The summed E-state index contributed by atoms with van der Waals surface area (Å²) in [5, 5.41) is 23.7. The SMILES string of the molecule is CCCCC/C=C\CCCCCCCC(=O)OC(CCCCCCCCCCCCCC)CC(=O)NC(CO)C(O)CCCCCCCCCCCCCCC. The molecule has 0 aliphatic heterocycles. The fourth-order valence-corrected chi connectivity index (χ4v) is 7.78. The van der Waals surface area contributed by atoms with Crippen molar-refractivity contribution in [2.45, 2.75) is 289 Å². The van der Waals surface area contributed by atoms with Crippen LogP contribution in [-0.4, -0.2) is 46.9 Å². The molecule has 6 heteroatoms. The van der Waals surface area contributed by atoms with Gasteiger partial charge >= 0.3 is 5.97 Å². The molecule has 1 amide bonds. The number of amides is 1. The molecule has 0 heterocycles. The maximum Gasteiger partial charge on any atom is 0.306 e. The predicted octanol–water partition coefficient (Wildman–Crippen LogP) is 14.6. The molecule has 3 unspecified atom stereocenters. The Bertz CT molecular complexity index is 847. The third-order valence-electron chi connectivity index (χ3n) is 11.6. The number of carbonyl (C=O) groups is 2. The molecule has 3 N–H and O–H groups in total. The van der Waals surface area contributed by atoms with E-state index in [0.29, 0.717) is 19.3 Å². The average molecular weight is 792 g/mol. The minimum Gasteiger partial charge on any atom is -0.462 e. The molecule has 0 rings (SSSR count). The summed E-state index contributed by atoms with van der Waals surface area (Å²) < 4.78 is 5.92. The predicted molar refractivity (Wildman–Crippen MR) is 241 cm³/mol. The van der Waals surface area contributed by atoms with Crippen molar-refractivity contribution in [2.75, 3.05) is 6.61 Å². The van der Waals surface area contributed by atoms with Crippen LogP contribution >= 0.6 is 0 Å². The summed E-state index contributed by atoms with van der Waals surface area (Å²) in [5.74, 6) is -0.470. The van der Waals surface area contributed by atoms with Crippen LogP contribution in [0.4, 0.5) is 0 Å². The topological polar surface area (TPSA) is 95.9 Å². The molecule has 0 aromatic heterocycles. The van der Waals surface area contributed by atoms with Crippen LogP contribution in [0.5, 0.6) is 0 Å². The van der Waals surface area contributed by atoms with Crippen molar-refractivity contribution in [3.8, 4) is 0 Å². The van der Waals surface area contributed by atoms with Crippen molar-refractivity contribution in [3.63, 3.8) is 0 Å². The fourth-order valence-electron chi connectivity index (χ4n) is 7.78. The number of unbranched alkanes of at least 4 members (excludes halogenated alkanes) is 31. The zero-order chi connectivity index (χ0) is 41.0. The third-order valence-corrected chi connectivity index (χ3v) is 11.6. The molecule has 0 aromatic rings. The first-order valence-corrected chi connectivity index (χ1v) is 24.9. The van der Waals surface area contributed by atoms with Gasteiger partial charge in [-0.2, -0.15) is 0 Å². The number of aliphatic hydroxyl groups excluding tert-OH is 2. The van der Waals surface area contributed by atoms with Gasteiger partial charge in [0.25, 0.3) is 0 Å². The normalized spacial score (nSPS) is 13.3. The molecule has 3 atom stereocenters. The van der Waals surface area contributed by atoms with Gasteiger partial charge in [0, 0.05) is 6.42 Å². The van der Waals surface area contributed by atoms with E-state index in [0.717, 1.165) is 51.4 Å². The summed E-state index contributed by atoms with van der Waals surface area (Å²) in [6.45, 7) is 6.47. The Hall–Kier alpha value is -1.40. The summed E-state index contributed by atoms with van der Waals surface area (Å²) in [7, 11) is 0. The zero-order valence-corrected chi connectivity index (χ0v) is 37.8. The molecule has 0 radical (unpaired) electrons. The van der Waals surface area contributed by atoms with Gasteiger partial charge in [0.1, 0.15) is 6.10 Å². The van der Waals surface area contributed by atoms with E-state index in [1.54, 1.807) is 0 Å². The summed E-state index contributed by atoms with van der Waals surface area (Å²) in [6.07, 6.45) is 48.4. The van der Waals surface area contributed by atoms with Gasteiger partial charge in [0.05, 0.1) is 25.2 Å². The number of nitrogens with one attached hydrogen (secondary N) is 1. The quantitative estimate of drug-likeness (QED) is 0.0324. The summed E-state index contributed by atoms with van der Waals surface area (Å²) >= 11 is 0. The molecule has 56 heavy (non-hydrogen) atoms. The Balaban J connectivity index is 4.53. The highest BCUT2D eigenvalue weighted by molar-refractivity contribution is 5.77. The number of aliphatic hydroxyl groups is 2. The first kappa shape index (κ1) is 54.6. The smallest absolute Gasteiger partial charge is 0.306 e. The highest BCUT2D eigenvalue weighted by Gasteiger charge is 2.24. The number of esters is 1. The van der Waals surface area contributed by atoms with E-state index in [4.69, 9.17) is 4.74 Å². The van der Waals surface area contributed by atoms with Crippen molar-refractivity contribution >= 4 is 11.9 Å². The summed E-state index contributed by atoms with van der Waals surface area (Å²) in [5.41, 5.74) is 0. The molecule has 332 valence electrons. The average Bonchev–Trinajstić information content (AvgIpc) is 3.19. The van der Waals surface area contributed by atoms with E-state index in [2.05, 4.69) is 38.2 Å². The first-order chi connectivity index (χ1) is 27.5. The van der Waals surface area contributed by atoms with Gasteiger partial charge in [-0.1, -0.05) is 219 Å². The van der Waals surface area contributed by atoms with E-state index < -0.39 is 18.2 Å². The minimum atomic E-state index is -0.782. The number of ether oxygens (including phenoxy) is 1. The Labute approximate surface area is 349 Å². The molecular formula is C50H97NO5. The molecule has 0 aliphatic rings. The number of rotatable bonds is 45. The van der Waals surface area contributed by atoms with Crippen molar-refractivity contribution < 1.29 is 24.5 Å². The lowest BCUT2D eigenvalue weighted by atomic mass is 10.0. The second kappa shape index (κ2) is 44.7. The van der Waals surface area contributed by atoms with Gasteiger partial charge in [-0.15, -0.1) is 0 Å². The van der Waals surface area contributed by atoms with Crippen LogP contribution in [-0.2, 0) is 14.3 Å². The molecule has 0 saturated carbocycles. The molecule has 0 saturated heterocycles. The number of carbonyl (C=O) groups excluding carboxylic acids is 2. The lowest BCUT2D eigenvalue weighted by Gasteiger charge is -2.24. The largest absolute Gasteiger partial charge is 0.462 e. The fraction of sp³-hybridized carbons (Fsp3) is 0.920. The molecule has 0 spiro atoms. The van der Waals surface area contributed by atoms with E-state index >= 15 is 0 Å². The Morgan fingerprint density at radius 3 is 1.30 bits per heavy atom. The van der Waals surface area contributed by atoms with Crippen molar-refractivity contribution in [1.29, 1.82) is 0 Å². The molecule has 0 aliphatic carbocycles. The molecular weight excluding hydrogens is 695 g/mol. The van der Waals surface area contributed by atoms with Crippen molar-refractivity contribution in [1.82, 2.24) is 5.32 Å². The van der Waals surface area contributed by atoms with Gasteiger partial charge < -0.3 is 20.3 Å². The van der Waals surface area contributed by atoms with Crippen LogP contribution in [0.2, 0.25) is 0 Å². The first-order valence-electron chi connectivity index (χ1n) is 24.9. The van der Waals surface area contributed by atoms with Gasteiger partial charge in [0.15, 0.2) is 0 Å². The van der Waals surface area contributed by atoms with E-state index in [1.165, 1.54) is 173 Å². The monoisotopic (exact) mass is 792 g/mol. The second-order valence-electron chi connectivity index (χ2n) is 17.2. The van der Waals surface area contributed by atoms with Crippen molar-refractivity contribution in [2.24, 2.45) is 0 Å². The van der Waals surface area contributed by atoms with Crippen molar-refractivity contribution in [3.05, 3.63) is 12.2 Å². The number of allylic oxidation sites excluding steroid dienone is 2. The Morgan fingerprint density at radius 2 is 0.857 bits per heavy atom. The molecule has 0 bridgehead atoms. The van der Waals surface area contributed by atoms with Crippen LogP contribution in [0.25, 0.3) is 0 Å².